The van der Waals surface area contributed by atoms with E-state index >= 15 is 0 Å². The van der Waals surface area contributed by atoms with E-state index in [1.807, 2.05) is 17.8 Å². The van der Waals surface area contributed by atoms with Crippen molar-refractivity contribution in [3.05, 3.63) is 29.2 Å². The van der Waals surface area contributed by atoms with Crippen LogP contribution in [-0.2, 0) is 7.05 Å². The van der Waals surface area contributed by atoms with Crippen LogP contribution in [0, 0.1) is 5.92 Å². The first-order valence-electron chi connectivity index (χ1n) is 8.03. The van der Waals surface area contributed by atoms with Gasteiger partial charge in [0, 0.05) is 31.4 Å². The van der Waals surface area contributed by atoms with Crippen molar-refractivity contribution in [2.24, 2.45) is 13.0 Å². The third kappa shape index (κ3) is 3.12. The number of hydrogen-bond acceptors (Lipinski definition) is 2. The highest BCUT2D eigenvalue weighted by Crippen LogP contribution is 2.27. The average Bonchev–Trinajstić information content (AvgIpc) is 2.70. The highest BCUT2D eigenvalue weighted by Gasteiger charge is 2.18. The quantitative estimate of drug-likeness (QED) is 0.871. The Labute approximate surface area is 135 Å². The largest absolute Gasteiger partial charge is 0.352 e. The van der Waals surface area contributed by atoms with Crippen molar-refractivity contribution in [1.29, 1.82) is 0 Å². The maximum Gasteiger partial charge on any atom is 0.253 e. The van der Waals surface area contributed by atoms with Gasteiger partial charge in [0.2, 0.25) is 0 Å². The van der Waals surface area contributed by atoms with Gasteiger partial charge < -0.3 is 9.88 Å². The summed E-state index contributed by atoms with van der Waals surface area (Å²) in [5.41, 5.74) is 1.52. The number of fused-ring (bicyclic) bond motifs is 1. The van der Waals surface area contributed by atoms with Gasteiger partial charge in [-0.3, -0.25) is 9.78 Å². The van der Waals surface area contributed by atoms with E-state index in [1.54, 1.807) is 12.4 Å². The molecule has 0 unspecified atom stereocenters. The number of nitrogens with zero attached hydrogens (tertiary/aromatic N) is 2. The molecule has 1 aliphatic carbocycles. The molecule has 3 rings (SSSR count). The molecule has 0 spiro atoms. The normalized spacial score (nSPS) is 16.6. The molecule has 0 radical (unpaired) electrons. The molecule has 4 nitrogen and oxygen atoms in total. The van der Waals surface area contributed by atoms with E-state index in [1.165, 1.54) is 38.5 Å². The molecule has 118 valence electrons. The number of nitrogens with one attached hydrogen (secondary N) is 1. The minimum absolute atomic E-state index is 0.0389. The molecule has 1 fully saturated rings. The third-order valence-corrected chi connectivity index (χ3v) is 4.91. The van der Waals surface area contributed by atoms with Crippen LogP contribution in [0.2, 0.25) is 5.02 Å². The molecule has 1 aliphatic rings. The second kappa shape index (κ2) is 6.69. The van der Waals surface area contributed by atoms with Gasteiger partial charge in [0.15, 0.2) is 0 Å². The highest BCUT2D eigenvalue weighted by atomic mass is 35.5. The molecule has 1 N–H and O–H groups in total. The fourth-order valence-electron chi connectivity index (χ4n) is 3.36. The van der Waals surface area contributed by atoms with Gasteiger partial charge in [-0.2, -0.15) is 0 Å². The summed E-state index contributed by atoms with van der Waals surface area (Å²) >= 11 is 6.23. The van der Waals surface area contributed by atoms with Gasteiger partial charge >= 0.3 is 0 Å². The number of hydrogen-bond donors (Lipinski definition) is 1. The van der Waals surface area contributed by atoms with Crippen LogP contribution in [-0.4, -0.2) is 22.0 Å². The Morgan fingerprint density at radius 3 is 2.77 bits per heavy atom. The molecule has 0 atom stereocenters. The van der Waals surface area contributed by atoms with Crippen molar-refractivity contribution in [2.45, 2.75) is 38.5 Å². The third-order valence-electron chi connectivity index (χ3n) is 4.62. The SMILES string of the molecule is Cn1cc(C(=O)NCC2CCCCCC2)c2c(Cl)cncc21. The molecule has 22 heavy (non-hydrogen) atoms. The summed E-state index contributed by atoms with van der Waals surface area (Å²) < 4.78 is 1.90. The molecule has 2 heterocycles. The Hall–Kier alpha value is -1.55. The van der Waals surface area contributed by atoms with Crippen molar-refractivity contribution in [2.75, 3.05) is 6.54 Å². The number of amides is 1. The Morgan fingerprint density at radius 2 is 2.05 bits per heavy atom. The lowest BCUT2D eigenvalue weighted by molar-refractivity contribution is 0.0947. The van der Waals surface area contributed by atoms with E-state index in [2.05, 4.69) is 10.3 Å². The molecule has 0 aliphatic heterocycles. The summed E-state index contributed by atoms with van der Waals surface area (Å²) in [5.74, 6) is 0.571. The first-order chi connectivity index (χ1) is 10.7. The monoisotopic (exact) mass is 319 g/mol. The topological polar surface area (TPSA) is 46.9 Å². The van der Waals surface area contributed by atoms with E-state index < -0.39 is 0 Å². The Balaban J connectivity index is 1.75. The zero-order valence-electron chi connectivity index (χ0n) is 12.9. The lowest BCUT2D eigenvalue weighted by Crippen LogP contribution is -2.29. The molecule has 5 heteroatoms. The number of rotatable bonds is 3. The molecule has 2 aromatic heterocycles. The molecule has 0 bridgehead atoms. The summed E-state index contributed by atoms with van der Waals surface area (Å²) in [5, 5.41) is 4.41. The van der Waals surface area contributed by atoms with Crippen LogP contribution in [0.3, 0.4) is 0 Å². The van der Waals surface area contributed by atoms with Gasteiger partial charge in [-0.1, -0.05) is 37.3 Å². The van der Waals surface area contributed by atoms with Crippen molar-refractivity contribution in [1.82, 2.24) is 14.9 Å². The van der Waals surface area contributed by atoms with Crippen molar-refractivity contribution >= 4 is 28.4 Å². The van der Waals surface area contributed by atoms with Gasteiger partial charge in [-0.25, -0.2) is 0 Å². The molecule has 0 saturated heterocycles. The first kappa shape index (κ1) is 15.3. The number of carbonyl (C=O) groups excluding carboxylic acids is 1. The molecule has 2 aromatic rings. The zero-order valence-corrected chi connectivity index (χ0v) is 13.7. The Bertz CT molecular complexity index is 672. The molecular weight excluding hydrogens is 298 g/mol. The fourth-order valence-corrected chi connectivity index (χ4v) is 3.61. The predicted octanol–water partition coefficient (Wildman–Crippen LogP) is 3.93. The Kier molecular flexibility index (Phi) is 4.67. The van der Waals surface area contributed by atoms with Gasteiger partial charge in [-0.05, 0) is 18.8 Å². The standard InChI is InChI=1S/C17H22ClN3O/c1-21-11-13(16-14(18)9-19-10-15(16)21)17(22)20-8-12-6-4-2-3-5-7-12/h9-12H,2-8H2,1H3,(H,20,22). The van der Waals surface area contributed by atoms with Gasteiger partial charge in [-0.15, -0.1) is 0 Å². The number of aromatic nitrogens is 2. The molecule has 1 amide bonds. The first-order valence-corrected chi connectivity index (χ1v) is 8.41. The van der Waals surface area contributed by atoms with Crippen molar-refractivity contribution in [3.63, 3.8) is 0 Å². The second-order valence-electron chi connectivity index (χ2n) is 6.24. The van der Waals surface area contributed by atoms with Gasteiger partial charge in [0.25, 0.3) is 5.91 Å². The van der Waals surface area contributed by atoms with Crippen LogP contribution in [0.25, 0.3) is 10.9 Å². The number of aryl methyl sites for hydroxylation is 1. The molecule has 0 aromatic carbocycles. The summed E-state index contributed by atoms with van der Waals surface area (Å²) in [4.78, 5) is 16.6. The van der Waals surface area contributed by atoms with Crippen LogP contribution in [0.1, 0.15) is 48.9 Å². The van der Waals surface area contributed by atoms with Crippen LogP contribution >= 0.6 is 11.6 Å². The van der Waals surface area contributed by atoms with Crippen LogP contribution in [0.4, 0.5) is 0 Å². The fraction of sp³-hybridized carbons (Fsp3) is 0.529. The second-order valence-corrected chi connectivity index (χ2v) is 6.64. The van der Waals surface area contributed by atoms with E-state index in [9.17, 15) is 4.79 Å². The van der Waals surface area contributed by atoms with E-state index in [0.717, 1.165) is 17.4 Å². The summed E-state index contributed by atoms with van der Waals surface area (Å²) in [6, 6.07) is 0. The van der Waals surface area contributed by atoms with E-state index in [-0.39, 0.29) is 5.91 Å². The number of pyridine rings is 1. The van der Waals surface area contributed by atoms with E-state index in [4.69, 9.17) is 11.6 Å². The van der Waals surface area contributed by atoms with E-state index in [0.29, 0.717) is 16.5 Å². The van der Waals surface area contributed by atoms with Crippen molar-refractivity contribution in [3.8, 4) is 0 Å². The average molecular weight is 320 g/mol. The molecule has 1 saturated carbocycles. The number of halogens is 1. The lowest BCUT2D eigenvalue weighted by Gasteiger charge is -2.14. The minimum Gasteiger partial charge on any atom is -0.352 e. The van der Waals surface area contributed by atoms with Gasteiger partial charge in [0.1, 0.15) is 0 Å². The van der Waals surface area contributed by atoms with Gasteiger partial charge in [0.05, 0.1) is 22.3 Å². The predicted molar refractivity (Wildman–Crippen MR) is 89.2 cm³/mol. The zero-order chi connectivity index (χ0) is 15.5. The Morgan fingerprint density at radius 1 is 1.32 bits per heavy atom. The lowest BCUT2D eigenvalue weighted by atomic mass is 10.0. The van der Waals surface area contributed by atoms with Crippen molar-refractivity contribution < 1.29 is 4.79 Å². The number of carbonyl (C=O) groups is 1. The summed E-state index contributed by atoms with van der Waals surface area (Å²) in [6.45, 7) is 0.762. The molecular formula is C17H22ClN3O. The van der Waals surface area contributed by atoms with Crippen LogP contribution in [0.15, 0.2) is 18.6 Å². The maximum absolute atomic E-state index is 12.5. The summed E-state index contributed by atoms with van der Waals surface area (Å²) in [7, 11) is 1.91. The maximum atomic E-state index is 12.5. The summed E-state index contributed by atoms with van der Waals surface area (Å²) in [6.07, 6.45) is 12.8. The minimum atomic E-state index is -0.0389. The highest BCUT2D eigenvalue weighted by molar-refractivity contribution is 6.36. The smallest absolute Gasteiger partial charge is 0.253 e. The van der Waals surface area contributed by atoms with Crippen LogP contribution < -0.4 is 5.32 Å². The van der Waals surface area contributed by atoms with Crippen LogP contribution in [0.5, 0.6) is 0 Å².